The van der Waals surface area contributed by atoms with Crippen LogP contribution in [0.5, 0.6) is 0 Å². The molecule has 5 nitrogen and oxygen atoms in total. The largest absolute Gasteiger partial charge is 0.350 e. The van der Waals surface area contributed by atoms with E-state index in [1.807, 2.05) is 22.8 Å². The fourth-order valence-corrected chi connectivity index (χ4v) is 2.28. The Hall–Kier alpha value is -3.09. The highest BCUT2D eigenvalue weighted by Crippen LogP contribution is 2.13. The van der Waals surface area contributed by atoms with E-state index < -0.39 is 17.5 Å². The molecule has 0 unspecified atom stereocenters. The number of amides is 1. The van der Waals surface area contributed by atoms with Gasteiger partial charge in [0, 0.05) is 37.7 Å². The summed E-state index contributed by atoms with van der Waals surface area (Å²) in [5.41, 5.74) is 0.533. The Balaban J connectivity index is 1.63. The van der Waals surface area contributed by atoms with Crippen LogP contribution in [0.1, 0.15) is 10.4 Å². The molecular formula is C17H14F2N4O. The average Bonchev–Trinajstić information content (AvgIpc) is 3.04. The van der Waals surface area contributed by atoms with Gasteiger partial charge in [-0.1, -0.05) is 6.07 Å². The lowest BCUT2D eigenvalue weighted by Gasteiger charge is -2.09. The number of rotatable bonds is 5. The molecule has 0 spiro atoms. The van der Waals surface area contributed by atoms with Crippen molar-refractivity contribution in [2.45, 2.75) is 6.54 Å². The molecule has 1 aromatic carbocycles. The highest BCUT2D eigenvalue weighted by molar-refractivity contribution is 5.94. The van der Waals surface area contributed by atoms with Crippen molar-refractivity contribution in [1.82, 2.24) is 19.9 Å². The predicted octanol–water partition coefficient (Wildman–Crippen LogP) is 2.65. The molecule has 122 valence electrons. The molecule has 3 aromatic rings. The number of pyridine rings is 1. The van der Waals surface area contributed by atoms with Gasteiger partial charge < -0.3 is 9.88 Å². The average molecular weight is 328 g/mol. The van der Waals surface area contributed by atoms with E-state index in [-0.39, 0.29) is 12.1 Å². The van der Waals surface area contributed by atoms with E-state index in [2.05, 4.69) is 15.3 Å². The summed E-state index contributed by atoms with van der Waals surface area (Å²) in [6.45, 7) is 0.715. The summed E-state index contributed by atoms with van der Waals surface area (Å²) in [4.78, 5) is 20.4. The number of aromatic nitrogens is 3. The van der Waals surface area contributed by atoms with E-state index in [0.29, 0.717) is 18.4 Å². The maximum atomic E-state index is 13.6. The smallest absolute Gasteiger partial charge is 0.254 e. The first-order chi connectivity index (χ1) is 11.6. The second-order valence-electron chi connectivity index (χ2n) is 5.04. The molecule has 2 heterocycles. The Labute approximate surface area is 137 Å². The number of halogens is 2. The molecular weight excluding hydrogens is 314 g/mol. The van der Waals surface area contributed by atoms with Gasteiger partial charge in [0.05, 0.1) is 5.56 Å². The predicted molar refractivity (Wildman–Crippen MR) is 84.1 cm³/mol. The highest BCUT2D eigenvalue weighted by atomic mass is 19.1. The lowest BCUT2D eigenvalue weighted by Crippen LogP contribution is -2.28. The molecule has 0 atom stereocenters. The Morgan fingerprint density at radius 2 is 2.00 bits per heavy atom. The Bertz CT molecular complexity index is 849. The quantitative estimate of drug-likeness (QED) is 0.783. The number of nitrogens with zero attached hydrogens (tertiary/aromatic N) is 3. The van der Waals surface area contributed by atoms with Gasteiger partial charge in [-0.2, -0.15) is 0 Å². The Morgan fingerprint density at radius 1 is 1.12 bits per heavy atom. The van der Waals surface area contributed by atoms with Crippen LogP contribution in [0.15, 0.2) is 55.0 Å². The van der Waals surface area contributed by atoms with Gasteiger partial charge in [-0.25, -0.2) is 13.8 Å². The van der Waals surface area contributed by atoms with E-state index in [0.717, 1.165) is 17.8 Å². The third kappa shape index (κ3) is 3.45. The summed E-state index contributed by atoms with van der Waals surface area (Å²) >= 11 is 0. The SMILES string of the molecule is O=C(NCCn1ccnc1-c1ccccn1)c1ccc(F)cc1F. The van der Waals surface area contributed by atoms with Gasteiger partial charge >= 0.3 is 0 Å². The zero-order valence-corrected chi connectivity index (χ0v) is 12.6. The van der Waals surface area contributed by atoms with Crippen LogP contribution in [0.4, 0.5) is 8.78 Å². The van der Waals surface area contributed by atoms with Crippen molar-refractivity contribution < 1.29 is 13.6 Å². The lowest BCUT2D eigenvalue weighted by atomic mass is 10.2. The van der Waals surface area contributed by atoms with Crippen molar-refractivity contribution in [2.75, 3.05) is 6.54 Å². The molecule has 0 bridgehead atoms. The number of benzene rings is 1. The van der Waals surface area contributed by atoms with Crippen molar-refractivity contribution in [3.05, 3.63) is 72.2 Å². The summed E-state index contributed by atoms with van der Waals surface area (Å²) in [6, 6.07) is 8.37. The maximum absolute atomic E-state index is 13.6. The van der Waals surface area contributed by atoms with E-state index >= 15 is 0 Å². The molecule has 1 N–H and O–H groups in total. The van der Waals surface area contributed by atoms with Gasteiger partial charge in [0.25, 0.3) is 5.91 Å². The normalized spacial score (nSPS) is 10.6. The second-order valence-corrected chi connectivity index (χ2v) is 5.04. The molecule has 3 rings (SSSR count). The number of imidazole rings is 1. The maximum Gasteiger partial charge on any atom is 0.254 e. The van der Waals surface area contributed by atoms with Crippen LogP contribution in [0.25, 0.3) is 11.5 Å². The van der Waals surface area contributed by atoms with E-state index in [1.165, 1.54) is 0 Å². The molecule has 0 aliphatic carbocycles. The van der Waals surface area contributed by atoms with Crippen LogP contribution < -0.4 is 5.32 Å². The molecule has 0 fully saturated rings. The minimum atomic E-state index is -0.885. The first-order valence-corrected chi connectivity index (χ1v) is 7.31. The number of hydrogen-bond donors (Lipinski definition) is 1. The molecule has 7 heteroatoms. The summed E-state index contributed by atoms with van der Waals surface area (Å²) in [7, 11) is 0. The van der Waals surface area contributed by atoms with E-state index in [9.17, 15) is 13.6 Å². The standard InChI is InChI=1S/C17H14F2N4O/c18-12-4-5-13(14(19)11-12)17(24)22-8-10-23-9-7-21-16(23)15-3-1-2-6-20-15/h1-7,9,11H,8,10H2,(H,22,24). The highest BCUT2D eigenvalue weighted by Gasteiger charge is 2.12. The van der Waals surface area contributed by atoms with Crippen molar-refractivity contribution >= 4 is 5.91 Å². The van der Waals surface area contributed by atoms with Gasteiger partial charge in [0.2, 0.25) is 0 Å². The molecule has 0 saturated heterocycles. The number of carbonyl (C=O) groups excluding carboxylic acids is 1. The van der Waals surface area contributed by atoms with Gasteiger partial charge in [0.15, 0.2) is 5.82 Å². The van der Waals surface area contributed by atoms with Gasteiger partial charge in [0.1, 0.15) is 17.3 Å². The third-order valence-electron chi connectivity index (χ3n) is 3.42. The summed E-state index contributed by atoms with van der Waals surface area (Å²) in [6.07, 6.45) is 5.09. The van der Waals surface area contributed by atoms with E-state index in [4.69, 9.17) is 0 Å². The second kappa shape index (κ2) is 6.99. The third-order valence-corrected chi connectivity index (χ3v) is 3.42. The lowest BCUT2D eigenvalue weighted by molar-refractivity contribution is 0.0948. The minimum absolute atomic E-state index is 0.188. The first-order valence-electron chi connectivity index (χ1n) is 7.31. The van der Waals surface area contributed by atoms with Gasteiger partial charge in [-0.3, -0.25) is 9.78 Å². The van der Waals surface area contributed by atoms with Crippen LogP contribution in [0.3, 0.4) is 0 Å². The molecule has 1 amide bonds. The fraction of sp³-hybridized carbons (Fsp3) is 0.118. The van der Waals surface area contributed by atoms with Gasteiger partial charge in [-0.15, -0.1) is 0 Å². The van der Waals surface area contributed by atoms with Crippen molar-refractivity contribution in [2.24, 2.45) is 0 Å². The van der Waals surface area contributed by atoms with Crippen LogP contribution >= 0.6 is 0 Å². The molecule has 0 aliphatic rings. The monoisotopic (exact) mass is 328 g/mol. The van der Waals surface area contributed by atoms with Crippen molar-refractivity contribution in [1.29, 1.82) is 0 Å². The summed E-state index contributed by atoms with van der Waals surface area (Å²) in [5.74, 6) is -1.52. The Kier molecular flexibility index (Phi) is 4.60. The van der Waals surface area contributed by atoms with Crippen LogP contribution in [-0.2, 0) is 6.54 Å². The summed E-state index contributed by atoms with van der Waals surface area (Å²) < 4.78 is 28.3. The fourth-order valence-electron chi connectivity index (χ4n) is 2.28. The van der Waals surface area contributed by atoms with Crippen molar-refractivity contribution in [3.8, 4) is 11.5 Å². The minimum Gasteiger partial charge on any atom is -0.350 e. The van der Waals surface area contributed by atoms with Crippen LogP contribution in [0, 0.1) is 11.6 Å². The number of hydrogen-bond acceptors (Lipinski definition) is 3. The van der Waals surface area contributed by atoms with Gasteiger partial charge in [-0.05, 0) is 24.3 Å². The number of carbonyl (C=O) groups is 1. The first kappa shape index (κ1) is 15.8. The molecule has 0 saturated carbocycles. The molecule has 24 heavy (non-hydrogen) atoms. The number of nitrogens with one attached hydrogen (secondary N) is 1. The molecule has 0 aliphatic heterocycles. The van der Waals surface area contributed by atoms with Crippen LogP contribution in [-0.4, -0.2) is 27.0 Å². The Morgan fingerprint density at radius 3 is 2.75 bits per heavy atom. The summed E-state index contributed by atoms with van der Waals surface area (Å²) in [5, 5.41) is 2.61. The van der Waals surface area contributed by atoms with Crippen LogP contribution in [0.2, 0.25) is 0 Å². The molecule has 0 radical (unpaired) electrons. The van der Waals surface area contributed by atoms with Crippen molar-refractivity contribution in [3.63, 3.8) is 0 Å². The zero-order valence-electron chi connectivity index (χ0n) is 12.6. The van der Waals surface area contributed by atoms with E-state index in [1.54, 1.807) is 18.6 Å². The molecule has 2 aromatic heterocycles. The zero-order chi connectivity index (χ0) is 16.9. The topological polar surface area (TPSA) is 59.8 Å².